The summed E-state index contributed by atoms with van der Waals surface area (Å²) in [5.74, 6) is -0.150. The zero-order valence-electron chi connectivity index (χ0n) is 11.1. The van der Waals surface area contributed by atoms with Crippen molar-refractivity contribution in [2.45, 2.75) is 33.1 Å². The fourth-order valence-corrected chi connectivity index (χ4v) is 2.25. The fraction of sp³-hybridized carbons (Fsp3) is 0.571. The molecule has 0 heterocycles. The summed E-state index contributed by atoms with van der Waals surface area (Å²) in [5.41, 5.74) is 7.36. The molecule has 0 aromatic heterocycles. The molecule has 1 aliphatic carbocycles. The van der Waals surface area contributed by atoms with Crippen LogP contribution in [0.3, 0.4) is 0 Å². The molecule has 0 unspecified atom stereocenters. The first-order valence-corrected chi connectivity index (χ1v) is 6.50. The average Bonchev–Trinajstić information content (AvgIpc) is 2.29. The Balaban J connectivity index is 2.08. The zero-order valence-corrected chi connectivity index (χ0v) is 11.1. The van der Waals surface area contributed by atoms with Crippen LogP contribution in [-0.4, -0.2) is 13.2 Å². The van der Waals surface area contributed by atoms with Gasteiger partial charge < -0.3 is 15.8 Å². The summed E-state index contributed by atoms with van der Waals surface area (Å²) < 4.78 is 18.8. The summed E-state index contributed by atoms with van der Waals surface area (Å²) in [5, 5.41) is 3.31. The predicted octanol–water partition coefficient (Wildman–Crippen LogP) is 3.41. The van der Waals surface area contributed by atoms with Gasteiger partial charge >= 0.3 is 0 Å². The van der Waals surface area contributed by atoms with Crippen LogP contribution >= 0.6 is 0 Å². The van der Waals surface area contributed by atoms with E-state index < -0.39 is 5.82 Å². The maximum Gasteiger partial charge on any atom is 0.167 e. The van der Waals surface area contributed by atoms with Gasteiger partial charge in [-0.25, -0.2) is 4.39 Å². The summed E-state index contributed by atoms with van der Waals surface area (Å²) in [6.45, 7) is 5.40. The highest BCUT2D eigenvalue weighted by Crippen LogP contribution is 2.40. The zero-order chi connectivity index (χ0) is 13.2. The Morgan fingerprint density at radius 3 is 2.72 bits per heavy atom. The molecular formula is C14H21FN2O. The van der Waals surface area contributed by atoms with Crippen molar-refractivity contribution in [2.75, 3.05) is 24.2 Å². The summed E-state index contributed by atoms with van der Waals surface area (Å²) in [4.78, 5) is 0. The van der Waals surface area contributed by atoms with E-state index in [1.54, 1.807) is 6.07 Å². The quantitative estimate of drug-likeness (QED) is 0.789. The van der Waals surface area contributed by atoms with E-state index in [0.29, 0.717) is 17.7 Å². The third kappa shape index (κ3) is 2.68. The van der Waals surface area contributed by atoms with Crippen LogP contribution in [0.2, 0.25) is 0 Å². The smallest absolute Gasteiger partial charge is 0.167 e. The van der Waals surface area contributed by atoms with Gasteiger partial charge in [0.1, 0.15) is 0 Å². The first kappa shape index (κ1) is 13.0. The SMILES string of the molecule is CCOc1cc(NCC2(C)CCC2)c(N)cc1F. The van der Waals surface area contributed by atoms with Crippen LogP contribution in [0.15, 0.2) is 12.1 Å². The highest BCUT2D eigenvalue weighted by Gasteiger charge is 2.31. The molecule has 1 aromatic rings. The average molecular weight is 252 g/mol. The second-order valence-corrected chi connectivity index (χ2v) is 5.32. The van der Waals surface area contributed by atoms with Gasteiger partial charge in [0.05, 0.1) is 18.0 Å². The normalized spacial score (nSPS) is 17.1. The molecule has 0 spiro atoms. The lowest BCUT2D eigenvalue weighted by atomic mass is 9.70. The van der Waals surface area contributed by atoms with Crippen molar-refractivity contribution < 1.29 is 9.13 Å². The first-order valence-electron chi connectivity index (χ1n) is 6.50. The Bertz CT molecular complexity index is 430. The van der Waals surface area contributed by atoms with Crippen molar-refractivity contribution >= 4 is 11.4 Å². The second kappa shape index (κ2) is 5.04. The first-order chi connectivity index (χ1) is 8.54. The van der Waals surface area contributed by atoms with E-state index in [2.05, 4.69) is 12.2 Å². The molecule has 1 saturated carbocycles. The fourth-order valence-electron chi connectivity index (χ4n) is 2.25. The largest absolute Gasteiger partial charge is 0.491 e. The van der Waals surface area contributed by atoms with E-state index in [4.69, 9.17) is 10.5 Å². The van der Waals surface area contributed by atoms with Crippen molar-refractivity contribution in [2.24, 2.45) is 5.41 Å². The number of halogens is 1. The van der Waals surface area contributed by atoms with E-state index in [0.717, 1.165) is 12.2 Å². The molecule has 3 nitrogen and oxygen atoms in total. The molecule has 100 valence electrons. The van der Waals surface area contributed by atoms with Gasteiger partial charge in [-0.2, -0.15) is 0 Å². The third-order valence-corrected chi connectivity index (χ3v) is 3.67. The van der Waals surface area contributed by atoms with Crippen LogP contribution < -0.4 is 15.8 Å². The van der Waals surface area contributed by atoms with Gasteiger partial charge in [-0.1, -0.05) is 13.3 Å². The summed E-state index contributed by atoms with van der Waals surface area (Å²) in [7, 11) is 0. The van der Waals surface area contributed by atoms with Gasteiger partial charge in [0, 0.05) is 18.7 Å². The minimum atomic E-state index is -0.408. The Hall–Kier alpha value is -1.45. The van der Waals surface area contributed by atoms with E-state index in [1.807, 2.05) is 6.92 Å². The predicted molar refractivity (Wildman–Crippen MR) is 72.4 cm³/mol. The number of hydrogen-bond acceptors (Lipinski definition) is 3. The Morgan fingerprint density at radius 1 is 1.44 bits per heavy atom. The van der Waals surface area contributed by atoms with Crippen molar-refractivity contribution in [3.8, 4) is 5.75 Å². The van der Waals surface area contributed by atoms with Crippen LogP contribution in [0.5, 0.6) is 5.75 Å². The van der Waals surface area contributed by atoms with Gasteiger partial charge in [0.25, 0.3) is 0 Å². The molecule has 18 heavy (non-hydrogen) atoms. The van der Waals surface area contributed by atoms with Crippen LogP contribution in [0.25, 0.3) is 0 Å². The Morgan fingerprint density at radius 2 is 2.17 bits per heavy atom. The third-order valence-electron chi connectivity index (χ3n) is 3.67. The molecule has 0 aliphatic heterocycles. The minimum absolute atomic E-state index is 0.257. The van der Waals surface area contributed by atoms with Gasteiger partial charge in [-0.05, 0) is 25.2 Å². The topological polar surface area (TPSA) is 47.3 Å². The molecule has 0 atom stereocenters. The Labute approximate surface area is 108 Å². The standard InChI is InChI=1S/C14H21FN2O/c1-3-18-13-8-12(11(16)7-10(13)15)17-9-14(2)5-4-6-14/h7-8,17H,3-6,9,16H2,1-2H3. The lowest BCUT2D eigenvalue weighted by molar-refractivity contribution is 0.180. The van der Waals surface area contributed by atoms with Crippen LogP contribution in [0.4, 0.5) is 15.8 Å². The lowest BCUT2D eigenvalue weighted by Crippen LogP contribution is -2.33. The van der Waals surface area contributed by atoms with Crippen molar-refractivity contribution in [3.63, 3.8) is 0 Å². The number of anilines is 2. The van der Waals surface area contributed by atoms with Gasteiger partial charge in [0.15, 0.2) is 11.6 Å². The molecule has 3 N–H and O–H groups in total. The highest BCUT2D eigenvalue weighted by molar-refractivity contribution is 5.68. The van der Waals surface area contributed by atoms with E-state index >= 15 is 0 Å². The number of rotatable bonds is 5. The summed E-state index contributed by atoms with van der Waals surface area (Å²) in [6, 6.07) is 2.96. The summed E-state index contributed by atoms with van der Waals surface area (Å²) in [6.07, 6.45) is 3.76. The van der Waals surface area contributed by atoms with Crippen molar-refractivity contribution in [3.05, 3.63) is 17.9 Å². The molecule has 4 heteroatoms. The summed E-state index contributed by atoms with van der Waals surface area (Å²) >= 11 is 0. The van der Waals surface area contributed by atoms with Crippen molar-refractivity contribution in [1.82, 2.24) is 0 Å². The minimum Gasteiger partial charge on any atom is -0.491 e. The van der Waals surface area contributed by atoms with Gasteiger partial charge in [-0.15, -0.1) is 0 Å². The highest BCUT2D eigenvalue weighted by atomic mass is 19.1. The Kier molecular flexibility index (Phi) is 3.64. The molecule has 1 fully saturated rings. The van der Waals surface area contributed by atoms with Crippen molar-refractivity contribution in [1.29, 1.82) is 0 Å². The van der Waals surface area contributed by atoms with E-state index in [9.17, 15) is 4.39 Å². The lowest BCUT2D eigenvalue weighted by Gasteiger charge is -2.38. The number of hydrogen-bond donors (Lipinski definition) is 2. The molecule has 1 aromatic carbocycles. The molecule has 0 radical (unpaired) electrons. The van der Waals surface area contributed by atoms with Gasteiger partial charge in [-0.3, -0.25) is 0 Å². The number of nitrogen functional groups attached to an aromatic ring is 1. The molecule has 1 aliphatic rings. The molecule has 0 bridgehead atoms. The molecule has 2 rings (SSSR count). The van der Waals surface area contributed by atoms with Crippen LogP contribution in [0, 0.1) is 11.2 Å². The monoisotopic (exact) mass is 252 g/mol. The number of benzene rings is 1. The van der Waals surface area contributed by atoms with Crippen LogP contribution in [-0.2, 0) is 0 Å². The molecule has 0 saturated heterocycles. The molecule has 0 amide bonds. The molecular weight excluding hydrogens is 231 g/mol. The number of nitrogens with two attached hydrogens (primary N) is 1. The van der Waals surface area contributed by atoms with Crippen LogP contribution in [0.1, 0.15) is 33.1 Å². The van der Waals surface area contributed by atoms with E-state index in [-0.39, 0.29) is 5.75 Å². The van der Waals surface area contributed by atoms with Gasteiger partial charge in [0.2, 0.25) is 0 Å². The van der Waals surface area contributed by atoms with E-state index in [1.165, 1.54) is 25.3 Å². The maximum atomic E-state index is 13.5. The second-order valence-electron chi connectivity index (χ2n) is 5.32. The number of ether oxygens (including phenoxy) is 1. The maximum absolute atomic E-state index is 13.5. The number of nitrogens with one attached hydrogen (secondary N) is 1.